The molecule has 0 aromatic carbocycles. The average molecular weight is 232 g/mol. The van der Waals surface area contributed by atoms with Crippen LogP contribution >= 0.6 is 0 Å². The largest absolute Gasteiger partial charge is 0.329 e. The van der Waals surface area contributed by atoms with Crippen LogP contribution in [0.1, 0.15) is 12.8 Å². The third-order valence-electron chi connectivity index (χ3n) is 2.65. The van der Waals surface area contributed by atoms with E-state index in [0.717, 1.165) is 39.0 Å². The van der Waals surface area contributed by atoms with Crippen LogP contribution in [0.15, 0.2) is 0 Å². The average Bonchev–Trinajstić information content (AvgIpc) is 2.31. The minimum atomic E-state index is -0.288. The predicted molar refractivity (Wildman–Crippen MR) is 69.1 cm³/mol. The van der Waals surface area contributed by atoms with Crippen molar-refractivity contribution in [1.82, 2.24) is 10.6 Å². The fourth-order valence-electron chi connectivity index (χ4n) is 1.46. The Morgan fingerprint density at radius 2 is 1.19 bits per heavy atom. The van der Waals surface area contributed by atoms with Crippen molar-refractivity contribution in [2.75, 3.05) is 45.8 Å². The summed E-state index contributed by atoms with van der Waals surface area (Å²) in [6, 6.07) is 0. The van der Waals surface area contributed by atoms with Gasteiger partial charge in [0.1, 0.15) is 0 Å². The van der Waals surface area contributed by atoms with Gasteiger partial charge in [0.05, 0.1) is 0 Å². The highest BCUT2D eigenvalue weighted by Gasteiger charge is 2.21. The number of nitrogens with one attached hydrogen (secondary N) is 2. The lowest BCUT2D eigenvalue weighted by Gasteiger charge is -2.28. The maximum Gasteiger partial charge on any atom is 0.0302 e. The molecule has 0 fully saturated rings. The molecule has 0 aliphatic rings. The molecule has 0 aliphatic carbocycles. The van der Waals surface area contributed by atoms with Crippen LogP contribution in [0.5, 0.6) is 0 Å². The minimum absolute atomic E-state index is 0.288. The van der Waals surface area contributed by atoms with E-state index in [9.17, 15) is 0 Å². The van der Waals surface area contributed by atoms with Crippen LogP contribution < -0.4 is 33.6 Å². The van der Waals surface area contributed by atoms with E-state index < -0.39 is 0 Å². The first-order valence-electron chi connectivity index (χ1n) is 5.99. The summed E-state index contributed by atoms with van der Waals surface area (Å²) in [4.78, 5) is 0. The molecule has 0 saturated carbocycles. The Bertz CT molecular complexity index is 140. The number of nitrogens with two attached hydrogens (primary N) is 4. The van der Waals surface area contributed by atoms with Gasteiger partial charge in [-0.05, 0) is 25.9 Å². The summed E-state index contributed by atoms with van der Waals surface area (Å²) in [5, 5.41) is 6.45. The predicted octanol–water partition coefficient (Wildman–Crippen LogP) is -2.48. The molecule has 0 saturated heterocycles. The van der Waals surface area contributed by atoms with E-state index >= 15 is 0 Å². The quantitative estimate of drug-likeness (QED) is 0.219. The van der Waals surface area contributed by atoms with Gasteiger partial charge in [-0.25, -0.2) is 0 Å². The van der Waals surface area contributed by atoms with Crippen LogP contribution in [0.4, 0.5) is 0 Å². The molecule has 0 atom stereocenters. The van der Waals surface area contributed by atoms with Crippen molar-refractivity contribution in [2.45, 2.75) is 18.4 Å². The van der Waals surface area contributed by atoms with Crippen LogP contribution in [-0.2, 0) is 0 Å². The maximum atomic E-state index is 6.19. The Labute approximate surface area is 98.5 Å². The minimum Gasteiger partial charge on any atom is -0.329 e. The highest BCUT2D eigenvalue weighted by atomic mass is 14.9. The zero-order valence-corrected chi connectivity index (χ0v) is 10.2. The first kappa shape index (κ1) is 15.8. The summed E-state index contributed by atoms with van der Waals surface area (Å²) in [7, 11) is 0. The first-order chi connectivity index (χ1) is 7.68. The molecular formula is C10H28N6. The molecule has 6 heteroatoms. The van der Waals surface area contributed by atoms with Crippen LogP contribution in [0.2, 0.25) is 0 Å². The van der Waals surface area contributed by atoms with E-state index in [1.54, 1.807) is 0 Å². The lowest BCUT2D eigenvalue weighted by molar-refractivity contribution is 0.360. The van der Waals surface area contributed by atoms with Gasteiger partial charge in [-0.15, -0.1) is 0 Å². The Hall–Kier alpha value is -0.240. The first-order valence-corrected chi connectivity index (χ1v) is 5.99. The van der Waals surface area contributed by atoms with Gasteiger partial charge in [0.15, 0.2) is 0 Å². The molecular weight excluding hydrogens is 204 g/mol. The van der Waals surface area contributed by atoms with E-state index in [4.69, 9.17) is 22.9 Å². The van der Waals surface area contributed by atoms with E-state index in [1.165, 1.54) is 0 Å². The van der Waals surface area contributed by atoms with Crippen molar-refractivity contribution in [3.8, 4) is 0 Å². The Balaban J connectivity index is 3.64. The molecule has 0 amide bonds. The van der Waals surface area contributed by atoms with Gasteiger partial charge in [-0.2, -0.15) is 0 Å². The molecule has 0 unspecified atom stereocenters. The molecule has 6 nitrogen and oxygen atoms in total. The lowest BCUT2D eigenvalue weighted by atomic mass is 9.92. The Morgan fingerprint density at radius 1 is 0.750 bits per heavy atom. The van der Waals surface area contributed by atoms with Crippen LogP contribution in [-0.4, -0.2) is 51.4 Å². The molecule has 0 heterocycles. The molecule has 0 radical (unpaired) electrons. The van der Waals surface area contributed by atoms with E-state index in [-0.39, 0.29) is 5.54 Å². The van der Waals surface area contributed by atoms with Crippen LogP contribution in [0.3, 0.4) is 0 Å². The third-order valence-corrected chi connectivity index (χ3v) is 2.65. The molecule has 10 N–H and O–H groups in total. The fraction of sp³-hybridized carbons (Fsp3) is 1.00. The maximum absolute atomic E-state index is 6.19. The van der Waals surface area contributed by atoms with Crippen molar-refractivity contribution in [3.63, 3.8) is 0 Å². The molecule has 0 aromatic heterocycles. The van der Waals surface area contributed by atoms with Crippen LogP contribution in [0.25, 0.3) is 0 Å². The molecule has 0 rings (SSSR count). The van der Waals surface area contributed by atoms with Gasteiger partial charge in [0, 0.05) is 38.3 Å². The van der Waals surface area contributed by atoms with E-state index in [0.29, 0.717) is 19.6 Å². The second-order valence-electron chi connectivity index (χ2n) is 4.14. The summed E-state index contributed by atoms with van der Waals surface area (Å²) < 4.78 is 0. The molecule has 98 valence electrons. The number of hydrogen-bond acceptors (Lipinski definition) is 6. The third kappa shape index (κ3) is 7.98. The summed E-state index contributed by atoms with van der Waals surface area (Å²) >= 11 is 0. The fourth-order valence-corrected chi connectivity index (χ4v) is 1.46. The van der Waals surface area contributed by atoms with Gasteiger partial charge >= 0.3 is 0 Å². The van der Waals surface area contributed by atoms with E-state index in [1.807, 2.05) is 0 Å². The summed E-state index contributed by atoms with van der Waals surface area (Å²) in [6.07, 6.45) is 1.74. The van der Waals surface area contributed by atoms with Crippen molar-refractivity contribution in [1.29, 1.82) is 0 Å². The van der Waals surface area contributed by atoms with Gasteiger partial charge in [-0.1, -0.05) is 0 Å². The smallest absolute Gasteiger partial charge is 0.0302 e. The second-order valence-corrected chi connectivity index (χ2v) is 4.14. The van der Waals surface area contributed by atoms with Crippen molar-refractivity contribution >= 4 is 0 Å². The highest BCUT2D eigenvalue weighted by molar-refractivity contribution is 4.86. The summed E-state index contributed by atoms with van der Waals surface area (Å²) in [5.74, 6) is 0. The normalized spacial score (nSPS) is 12.0. The van der Waals surface area contributed by atoms with Gasteiger partial charge < -0.3 is 33.6 Å². The van der Waals surface area contributed by atoms with Crippen molar-refractivity contribution in [3.05, 3.63) is 0 Å². The number of hydrogen-bond donors (Lipinski definition) is 6. The zero-order valence-electron chi connectivity index (χ0n) is 10.2. The highest BCUT2D eigenvalue weighted by Crippen LogP contribution is 2.08. The zero-order chi connectivity index (χ0) is 12.3. The standard InChI is InChI=1S/C10H28N6/c11-3-7-15-5-1-10(14,9-13)2-6-16-8-4-12/h15-16H,1-9,11-14H2. The van der Waals surface area contributed by atoms with Gasteiger partial charge in [0.2, 0.25) is 0 Å². The molecule has 16 heavy (non-hydrogen) atoms. The Morgan fingerprint density at radius 3 is 1.50 bits per heavy atom. The number of rotatable bonds is 11. The second kappa shape index (κ2) is 9.95. The monoisotopic (exact) mass is 232 g/mol. The Kier molecular flexibility index (Phi) is 9.80. The molecule has 0 bridgehead atoms. The molecule has 0 aromatic rings. The summed E-state index contributed by atoms with van der Waals surface area (Å²) in [5.41, 5.74) is 22.4. The van der Waals surface area contributed by atoms with Gasteiger partial charge in [0.25, 0.3) is 0 Å². The lowest BCUT2D eigenvalue weighted by Crippen LogP contribution is -2.50. The summed E-state index contributed by atoms with van der Waals surface area (Å²) in [6.45, 7) is 5.18. The van der Waals surface area contributed by atoms with E-state index in [2.05, 4.69) is 10.6 Å². The van der Waals surface area contributed by atoms with Crippen molar-refractivity contribution < 1.29 is 0 Å². The van der Waals surface area contributed by atoms with Crippen molar-refractivity contribution in [2.24, 2.45) is 22.9 Å². The molecule has 0 aliphatic heterocycles. The topological polar surface area (TPSA) is 128 Å². The molecule has 0 spiro atoms. The van der Waals surface area contributed by atoms with Crippen LogP contribution in [0, 0.1) is 0 Å². The van der Waals surface area contributed by atoms with Gasteiger partial charge in [-0.3, -0.25) is 0 Å². The SMILES string of the molecule is NCCNCCC(N)(CN)CCNCCN.